The minimum Gasteiger partial charge on any atom is -0.336 e. The Balaban J connectivity index is 2.07. The lowest BCUT2D eigenvalue weighted by molar-refractivity contribution is 0.0584. The average molecular weight is 297 g/mol. The number of benzene rings is 1. The second-order valence-corrected chi connectivity index (χ2v) is 5.49. The number of carbonyl (C=O) groups is 1. The fourth-order valence-corrected chi connectivity index (χ4v) is 2.51. The molecule has 1 fully saturated rings. The molecule has 1 heterocycles. The molecule has 6 heteroatoms. The van der Waals surface area contributed by atoms with Crippen LogP contribution in [0.3, 0.4) is 0 Å². The van der Waals surface area contributed by atoms with Gasteiger partial charge in [-0.25, -0.2) is 8.78 Å². The summed E-state index contributed by atoms with van der Waals surface area (Å²) in [6.45, 7) is 6.61. The van der Waals surface area contributed by atoms with Gasteiger partial charge < -0.3 is 10.6 Å². The summed E-state index contributed by atoms with van der Waals surface area (Å²) in [5, 5.41) is 0. The number of amides is 1. The smallest absolute Gasteiger partial charge is 0.256 e. The van der Waals surface area contributed by atoms with Crippen LogP contribution in [0, 0.1) is 18.6 Å². The highest BCUT2D eigenvalue weighted by Crippen LogP contribution is 2.17. The Morgan fingerprint density at radius 2 is 1.86 bits per heavy atom. The zero-order valence-corrected chi connectivity index (χ0v) is 12.4. The van der Waals surface area contributed by atoms with E-state index in [1.165, 1.54) is 13.0 Å². The van der Waals surface area contributed by atoms with Gasteiger partial charge in [0.25, 0.3) is 5.91 Å². The largest absolute Gasteiger partial charge is 0.336 e. The van der Waals surface area contributed by atoms with Crippen molar-refractivity contribution in [2.24, 2.45) is 5.73 Å². The van der Waals surface area contributed by atoms with Crippen LogP contribution < -0.4 is 5.73 Å². The third-order valence-electron chi connectivity index (χ3n) is 4.04. The van der Waals surface area contributed by atoms with Crippen molar-refractivity contribution < 1.29 is 13.6 Å². The molecule has 1 amide bonds. The number of hydrogen-bond acceptors (Lipinski definition) is 3. The number of aryl methyl sites for hydroxylation is 1. The first kappa shape index (κ1) is 15.9. The molecule has 0 bridgehead atoms. The summed E-state index contributed by atoms with van der Waals surface area (Å²) in [7, 11) is 0. The summed E-state index contributed by atoms with van der Waals surface area (Å²) in [5.41, 5.74) is 5.84. The van der Waals surface area contributed by atoms with Crippen molar-refractivity contribution in [1.29, 1.82) is 0 Å². The predicted molar refractivity (Wildman–Crippen MR) is 77.1 cm³/mol. The topological polar surface area (TPSA) is 49.6 Å². The van der Waals surface area contributed by atoms with Crippen molar-refractivity contribution >= 4 is 5.91 Å². The monoisotopic (exact) mass is 297 g/mol. The lowest BCUT2D eigenvalue weighted by Crippen LogP contribution is -2.52. The number of carbonyl (C=O) groups excluding carboxylic acids is 1. The highest BCUT2D eigenvalue weighted by atomic mass is 19.1. The average Bonchev–Trinajstić information content (AvgIpc) is 2.49. The SMILES string of the molecule is Cc1cc(C(=O)N2CCN(C(C)CN)CC2)c(F)cc1F. The minimum absolute atomic E-state index is 0.0609. The van der Waals surface area contributed by atoms with Crippen LogP contribution in [0.5, 0.6) is 0 Å². The number of halogens is 2. The maximum atomic E-state index is 13.8. The first-order valence-corrected chi connectivity index (χ1v) is 7.13. The molecular formula is C15H21F2N3O. The van der Waals surface area contributed by atoms with Gasteiger partial charge in [-0.2, -0.15) is 0 Å². The highest BCUT2D eigenvalue weighted by molar-refractivity contribution is 5.94. The molecule has 0 radical (unpaired) electrons. The Bertz CT molecular complexity index is 528. The lowest BCUT2D eigenvalue weighted by atomic mass is 10.1. The molecule has 0 spiro atoms. The molecular weight excluding hydrogens is 276 g/mol. The van der Waals surface area contributed by atoms with Gasteiger partial charge >= 0.3 is 0 Å². The maximum Gasteiger partial charge on any atom is 0.256 e. The molecule has 21 heavy (non-hydrogen) atoms. The van der Waals surface area contributed by atoms with Crippen molar-refractivity contribution in [2.75, 3.05) is 32.7 Å². The number of nitrogens with two attached hydrogens (primary N) is 1. The van der Waals surface area contributed by atoms with Crippen LogP contribution in [-0.4, -0.2) is 54.5 Å². The maximum absolute atomic E-state index is 13.8. The molecule has 1 aliphatic rings. The molecule has 2 N–H and O–H groups in total. The van der Waals surface area contributed by atoms with Crippen molar-refractivity contribution in [3.8, 4) is 0 Å². The Hall–Kier alpha value is -1.53. The molecule has 0 aromatic heterocycles. The van der Waals surface area contributed by atoms with Crippen molar-refractivity contribution in [3.63, 3.8) is 0 Å². The Morgan fingerprint density at radius 3 is 2.43 bits per heavy atom. The van der Waals surface area contributed by atoms with Crippen LogP contribution in [0.1, 0.15) is 22.8 Å². The summed E-state index contributed by atoms with van der Waals surface area (Å²) in [6, 6.07) is 2.32. The van der Waals surface area contributed by atoms with Crippen molar-refractivity contribution in [2.45, 2.75) is 19.9 Å². The van der Waals surface area contributed by atoms with Gasteiger partial charge in [0.1, 0.15) is 11.6 Å². The van der Waals surface area contributed by atoms with Crippen LogP contribution in [-0.2, 0) is 0 Å². The molecule has 4 nitrogen and oxygen atoms in total. The number of nitrogens with zero attached hydrogens (tertiary/aromatic N) is 2. The van der Waals surface area contributed by atoms with Gasteiger partial charge in [0.05, 0.1) is 5.56 Å². The van der Waals surface area contributed by atoms with Gasteiger partial charge in [0.15, 0.2) is 0 Å². The fourth-order valence-electron chi connectivity index (χ4n) is 2.51. The number of hydrogen-bond donors (Lipinski definition) is 1. The van der Waals surface area contributed by atoms with Crippen molar-refractivity contribution in [3.05, 3.63) is 34.9 Å². The molecule has 0 aliphatic carbocycles. The Morgan fingerprint density at radius 1 is 1.24 bits per heavy atom. The van der Waals surface area contributed by atoms with Gasteiger partial charge in [-0.3, -0.25) is 9.69 Å². The van der Waals surface area contributed by atoms with Crippen LogP contribution in [0.25, 0.3) is 0 Å². The molecule has 1 saturated heterocycles. The molecule has 1 atom stereocenters. The van der Waals surface area contributed by atoms with E-state index in [2.05, 4.69) is 4.90 Å². The molecule has 1 aliphatic heterocycles. The zero-order valence-electron chi connectivity index (χ0n) is 12.4. The Labute approximate surface area is 123 Å². The number of piperazine rings is 1. The van der Waals surface area contributed by atoms with Crippen LogP contribution in [0.4, 0.5) is 8.78 Å². The second-order valence-electron chi connectivity index (χ2n) is 5.49. The molecule has 0 saturated carbocycles. The Kier molecular flexibility index (Phi) is 4.90. The molecule has 1 aromatic carbocycles. The van der Waals surface area contributed by atoms with E-state index in [1.807, 2.05) is 6.92 Å². The standard InChI is InChI=1S/C15H21F2N3O/c1-10-7-12(14(17)8-13(10)16)15(21)20-5-3-19(4-6-20)11(2)9-18/h7-8,11H,3-6,9,18H2,1-2H3. The van der Waals surface area contributed by atoms with E-state index in [4.69, 9.17) is 5.73 Å². The van der Waals surface area contributed by atoms with Gasteiger partial charge in [0, 0.05) is 44.8 Å². The molecule has 1 unspecified atom stereocenters. The molecule has 116 valence electrons. The first-order valence-electron chi connectivity index (χ1n) is 7.13. The van der Waals surface area contributed by atoms with Crippen LogP contribution >= 0.6 is 0 Å². The quantitative estimate of drug-likeness (QED) is 0.917. The minimum atomic E-state index is -0.805. The normalized spacial score (nSPS) is 17.9. The van der Waals surface area contributed by atoms with E-state index in [0.29, 0.717) is 32.7 Å². The van der Waals surface area contributed by atoms with Gasteiger partial charge in [-0.1, -0.05) is 0 Å². The third-order valence-corrected chi connectivity index (χ3v) is 4.04. The van der Waals surface area contributed by atoms with E-state index < -0.39 is 11.6 Å². The van der Waals surface area contributed by atoms with Gasteiger partial charge in [0.2, 0.25) is 0 Å². The van der Waals surface area contributed by atoms with E-state index in [-0.39, 0.29) is 23.1 Å². The summed E-state index contributed by atoms with van der Waals surface area (Å²) >= 11 is 0. The summed E-state index contributed by atoms with van der Waals surface area (Å²) in [6.07, 6.45) is 0. The second kappa shape index (κ2) is 6.49. The lowest BCUT2D eigenvalue weighted by Gasteiger charge is -2.37. The van der Waals surface area contributed by atoms with Crippen LogP contribution in [0.15, 0.2) is 12.1 Å². The van der Waals surface area contributed by atoms with Gasteiger partial charge in [-0.05, 0) is 25.5 Å². The predicted octanol–water partition coefficient (Wildman–Crippen LogP) is 1.38. The highest BCUT2D eigenvalue weighted by Gasteiger charge is 2.26. The third kappa shape index (κ3) is 3.39. The molecule has 1 aromatic rings. The first-order chi connectivity index (χ1) is 9.93. The van der Waals surface area contributed by atoms with Crippen LogP contribution in [0.2, 0.25) is 0 Å². The van der Waals surface area contributed by atoms with E-state index in [0.717, 1.165) is 6.07 Å². The van der Waals surface area contributed by atoms with E-state index in [9.17, 15) is 13.6 Å². The van der Waals surface area contributed by atoms with Gasteiger partial charge in [-0.15, -0.1) is 0 Å². The molecule has 2 rings (SSSR count). The number of rotatable bonds is 3. The van der Waals surface area contributed by atoms with E-state index in [1.54, 1.807) is 4.90 Å². The zero-order chi connectivity index (χ0) is 15.6. The summed E-state index contributed by atoms with van der Waals surface area (Å²) < 4.78 is 27.0. The fraction of sp³-hybridized carbons (Fsp3) is 0.533. The van der Waals surface area contributed by atoms with E-state index >= 15 is 0 Å². The van der Waals surface area contributed by atoms with Crippen molar-refractivity contribution in [1.82, 2.24) is 9.80 Å². The summed E-state index contributed by atoms with van der Waals surface area (Å²) in [4.78, 5) is 16.2. The summed E-state index contributed by atoms with van der Waals surface area (Å²) in [5.74, 6) is -1.82.